The highest BCUT2D eigenvalue weighted by Gasteiger charge is 2.46. The van der Waals surface area contributed by atoms with Gasteiger partial charge in [0.1, 0.15) is 11.5 Å². The number of carbonyl (C=O) groups excluding carboxylic acids is 2. The fraction of sp³-hybridized carbons (Fsp3) is 0.360. The zero-order chi connectivity index (χ0) is 23.3. The van der Waals surface area contributed by atoms with Crippen molar-refractivity contribution in [2.24, 2.45) is 0 Å². The van der Waals surface area contributed by atoms with E-state index in [1.165, 1.54) is 26.2 Å². The van der Waals surface area contributed by atoms with E-state index < -0.39 is 17.7 Å². The maximum atomic E-state index is 13.1. The number of rotatable bonds is 9. The lowest BCUT2D eigenvalue weighted by atomic mass is 9.94. The van der Waals surface area contributed by atoms with Gasteiger partial charge in [0, 0.05) is 17.7 Å². The lowest BCUT2D eigenvalue weighted by Crippen LogP contribution is -2.30. The van der Waals surface area contributed by atoms with Gasteiger partial charge < -0.3 is 24.2 Å². The van der Waals surface area contributed by atoms with E-state index in [1.54, 1.807) is 24.3 Å². The molecule has 0 aromatic heterocycles. The topological polar surface area (TPSA) is 85.3 Å². The first kappa shape index (κ1) is 23.2. The number of benzene rings is 2. The van der Waals surface area contributed by atoms with Crippen LogP contribution in [0.3, 0.4) is 0 Å². The molecule has 2 aromatic rings. The molecular formula is C25H29NO6. The molecule has 2 aromatic carbocycles. The molecule has 1 unspecified atom stereocenters. The molecule has 32 heavy (non-hydrogen) atoms. The van der Waals surface area contributed by atoms with Gasteiger partial charge in [-0.3, -0.25) is 9.59 Å². The fourth-order valence-corrected chi connectivity index (χ4v) is 4.00. The van der Waals surface area contributed by atoms with Crippen LogP contribution in [-0.4, -0.2) is 49.6 Å². The molecule has 1 atom stereocenters. The number of nitrogens with zero attached hydrogens (tertiary/aromatic N) is 1. The maximum Gasteiger partial charge on any atom is 0.295 e. The molecule has 0 saturated carbocycles. The van der Waals surface area contributed by atoms with Crippen molar-refractivity contribution in [3.8, 4) is 17.2 Å². The fourth-order valence-electron chi connectivity index (χ4n) is 4.00. The number of likely N-dealkylation sites (tertiary alicyclic amines) is 1. The molecule has 3 rings (SSSR count). The predicted molar refractivity (Wildman–Crippen MR) is 121 cm³/mol. The van der Waals surface area contributed by atoms with Crippen LogP contribution in [0.25, 0.3) is 5.76 Å². The summed E-state index contributed by atoms with van der Waals surface area (Å²) in [4.78, 5) is 27.6. The lowest BCUT2D eigenvalue weighted by molar-refractivity contribution is -0.139. The molecule has 1 heterocycles. The summed E-state index contributed by atoms with van der Waals surface area (Å²) < 4.78 is 16.1. The predicted octanol–water partition coefficient (Wildman–Crippen LogP) is 4.32. The van der Waals surface area contributed by atoms with Crippen LogP contribution in [0.1, 0.15) is 43.4 Å². The van der Waals surface area contributed by atoms with Crippen LogP contribution in [0.15, 0.2) is 48.0 Å². The number of hydrogen-bond donors (Lipinski definition) is 1. The van der Waals surface area contributed by atoms with Crippen LogP contribution in [0.5, 0.6) is 17.2 Å². The van der Waals surface area contributed by atoms with E-state index in [4.69, 9.17) is 14.2 Å². The van der Waals surface area contributed by atoms with Gasteiger partial charge >= 0.3 is 0 Å². The largest absolute Gasteiger partial charge is 0.507 e. The summed E-state index contributed by atoms with van der Waals surface area (Å²) in [5, 5.41) is 11.2. The highest BCUT2D eigenvalue weighted by atomic mass is 16.5. The summed E-state index contributed by atoms with van der Waals surface area (Å²) in [6.45, 7) is 2.48. The third-order valence-corrected chi connectivity index (χ3v) is 5.63. The highest BCUT2D eigenvalue weighted by molar-refractivity contribution is 6.46. The standard InChI is InChI=1S/C25H29NO6/c1-5-6-9-14-26-22(17-10-7-8-11-18(17)30-2)21(24(28)25(26)29)23(27)16-12-13-19(31-3)20(15-16)32-4/h7-8,10-13,15,22,27H,5-6,9,14H2,1-4H3/b23-21+. The Balaban J connectivity index is 2.18. The van der Waals surface area contributed by atoms with Crippen molar-refractivity contribution in [2.75, 3.05) is 27.9 Å². The van der Waals surface area contributed by atoms with Gasteiger partial charge in [0.25, 0.3) is 11.7 Å². The molecule has 0 radical (unpaired) electrons. The van der Waals surface area contributed by atoms with Crippen molar-refractivity contribution in [1.82, 2.24) is 4.90 Å². The number of hydrogen-bond acceptors (Lipinski definition) is 6. The average Bonchev–Trinajstić information content (AvgIpc) is 3.08. The zero-order valence-corrected chi connectivity index (χ0v) is 18.9. The quantitative estimate of drug-likeness (QED) is 0.271. The molecule has 1 saturated heterocycles. The molecular weight excluding hydrogens is 410 g/mol. The SMILES string of the molecule is CCCCCN1C(=O)C(=O)/C(=C(/O)c2ccc(OC)c(OC)c2)C1c1ccccc1OC. The third-order valence-electron chi connectivity index (χ3n) is 5.63. The number of aliphatic hydroxyl groups excluding tert-OH is 1. The van der Waals surface area contributed by atoms with Crippen molar-refractivity contribution in [1.29, 1.82) is 0 Å². The first-order chi connectivity index (χ1) is 15.5. The summed E-state index contributed by atoms with van der Waals surface area (Å²) in [5.74, 6) is -0.173. The molecule has 1 amide bonds. The van der Waals surface area contributed by atoms with Crippen molar-refractivity contribution in [3.63, 3.8) is 0 Å². The second-order valence-electron chi connectivity index (χ2n) is 7.51. The van der Waals surface area contributed by atoms with Gasteiger partial charge in [0.05, 0.1) is 32.9 Å². The summed E-state index contributed by atoms with van der Waals surface area (Å²) in [7, 11) is 4.54. The summed E-state index contributed by atoms with van der Waals surface area (Å²) in [6.07, 6.45) is 2.66. The van der Waals surface area contributed by atoms with E-state index in [2.05, 4.69) is 6.92 Å². The smallest absolute Gasteiger partial charge is 0.295 e. The second kappa shape index (κ2) is 10.2. The van der Waals surface area contributed by atoms with Crippen LogP contribution in [0.2, 0.25) is 0 Å². The minimum atomic E-state index is -0.754. The molecule has 0 bridgehead atoms. The van der Waals surface area contributed by atoms with Gasteiger partial charge in [0.2, 0.25) is 0 Å². The van der Waals surface area contributed by atoms with E-state index in [1.807, 2.05) is 18.2 Å². The van der Waals surface area contributed by atoms with Crippen molar-refractivity contribution in [2.45, 2.75) is 32.2 Å². The van der Waals surface area contributed by atoms with Gasteiger partial charge in [0.15, 0.2) is 11.5 Å². The number of methoxy groups -OCH3 is 3. The van der Waals surface area contributed by atoms with Crippen LogP contribution < -0.4 is 14.2 Å². The Morgan fingerprint density at radius 3 is 2.28 bits per heavy atom. The Morgan fingerprint density at radius 1 is 0.938 bits per heavy atom. The number of ketones is 1. The van der Waals surface area contributed by atoms with Crippen molar-refractivity contribution < 1.29 is 28.9 Å². The summed E-state index contributed by atoms with van der Waals surface area (Å²) in [5.41, 5.74) is 1.03. The van der Waals surface area contributed by atoms with Crippen LogP contribution >= 0.6 is 0 Å². The average molecular weight is 440 g/mol. The Hall–Kier alpha value is -3.48. The van der Waals surface area contributed by atoms with Gasteiger partial charge in [-0.05, 0) is 30.7 Å². The number of unbranched alkanes of at least 4 members (excludes halogenated alkanes) is 2. The number of para-hydroxylation sites is 1. The second-order valence-corrected chi connectivity index (χ2v) is 7.51. The van der Waals surface area contributed by atoms with E-state index >= 15 is 0 Å². The molecule has 170 valence electrons. The minimum absolute atomic E-state index is 0.0308. The normalized spacial score (nSPS) is 17.5. The van der Waals surface area contributed by atoms with Gasteiger partial charge in [-0.15, -0.1) is 0 Å². The third kappa shape index (κ3) is 4.28. The van der Waals surface area contributed by atoms with Crippen molar-refractivity contribution >= 4 is 17.4 Å². The van der Waals surface area contributed by atoms with E-state index in [0.29, 0.717) is 34.9 Å². The van der Waals surface area contributed by atoms with Crippen molar-refractivity contribution in [3.05, 3.63) is 59.2 Å². The summed E-state index contributed by atoms with van der Waals surface area (Å²) >= 11 is 0. The number of carbonyl (C=O) groups is 2. The Labute approximate surface area is 188 Å². The van der Waals surface area contributed by atoms with E-state index in [9.17, 15) is 14.7 Å². The van der Waals surface area contributed by atoms with Gasteiger partial charge in [-0.1, -0.05) is 38.0 Å². The summed E-state index contributed by atoms with van der Waals surface area (Å²) in [6, 6.07) is 11.3. The molecule has 1 N–H and O–H groups in total. The first-order valence-electron chi connectivity index (χ1n) is 10.6. The van der Waals surface area contributed by atoms with Crippen LogP contribution in [0.4, 0.5) is 0 Å². The Morgan fingerprint density at radius 2 is 1.62 bits per heavy atom. The highest BCUT2D eigenvalue weighted by Crippen LogP contribution is 2.43. The number of ether oxygens (including phenoxy) is 3. The zero-order valence-electron chi connectivity index (χ0n) is 18.9. The Kier molecular flexibility index (Phi) is 7.41. The molecule has 1 aliphatic rings. The number of Topliss-reactive ketones (excluding diaryl/α,β-unsaturated/α-hetero) is 1. The minimum Gasteiger partial charge on any atom is -0.507 e. The molecule has 0 aliphatic carbocycles. The first-order valence-corrected chi connectivity index (χ1v) is 10.6. The van der Waals surface area contributed by atoms with Gasteiger partial charge in [-0.25, -0.2) is 0 Å². The molecule has 0 spiro atoms. The molecule has 7 heteroatoms. The molecule has 7 nitrogen and oxygen atoms in total. The number of aliphatic hydroxyl groups is 1. The van der Waals surface area contributed by atoms with E-state index in [0.717, 1.165) is 19.3 Å². The van der Waals surface area contributed by atoms with Gasteiger partial charge in [-0.2, -0.15) is 0 Å². The Bertz CT molecular complexity index is 1030. The maximum absolute atomic E-state index is 13.1. The monoisotopic (exact) mass is 439 g/mol. The lowest BCUT2D eigenvalue weighted by Gasteiger charge is -2.26. The number of amides is 1. The van der Waals surface area contributed by atoms with Crippen LogP contribution in [0, 0.1) is 0 Å². The van der Waals surface area contributed by atoms with E-state index in [-0.39, 0.29) is 11.3 Å². The molecule has 1 aliphatic heterocycles. The molecule has 1 fully saturated rings. The van der Waals surface area contributed by atoms with Crippen LogP contribution in [-0.2, 0) is 9.59 Å².